The van der Waals surface area contributed by atoms with Gasteiger partial charge in [0.2, 0.25) is 0 Å². The van der Waals surface area contributed by atoms with Gasteiger partial charge in [0.1, 0.15) is 11.5 Å². The van der Waals surface area contributed by atoms with E-state index in [4.69, 9.17) is 0 Å². The standard InChI is InChI=1S/C18H30O2/c1-16(2,3)11-10-12(17(4,5)6)15(20)13(14(11)19)18(7,8)9/h10,19-20H,1-9H3. The van der Waals surface area contributed by atoms with Crippen LogP contribution in [-0.4, -0.2) is 10.2 Å². The van der Waals surface area contributed by atoms with Crippen molar-refractivity contribution in [2.24, 2.45) is 0 Å². The Hall–Kier alpha value is -1.18. The highest BCUT2D eigenvalue weighted by Crippen LogP contribution is 2.48. The van der Waals surface area contributed by atoms with Crippen LogP contribution in [0.4, 0.5) is 0 Å². The highest BCUT2D eigenvalue weighted by atomic mass is 16.3. The van der Waals surface area contributed by atoms with E-state index < -0.39 is 0 Å². The second-order valence-corrected chi connectivity index (χ2v) is 8.79. The maximum absolute atomic E-state index is 10.7. The molecule has 0 fully saturated rings. The van der Waals surface area contributed by atoms with Gasteiger partial charge in [-0.15, -0.1) is 0 Å². The van der Waals surface area contributed by atoms with Crippen molar-refractivity contribution in [3.63, 3.8) is 0 Å². The zero-order valence-electron chi connectivity index (χ0n) is 14.5. The fourth-order valence-corrected chi connectivity index (χ4v) is 2.52. The maximum atomic E-state index is 10.7. The van der Waals surface area contributed by atoms with Gasteiger partial charge in [-0.05, 0) is 22.3 Å². The van der Waals surface area contributed by atoms with E-state index in [-0.39, 0.29) is 27.7 Å². The molecule has 0 aliphatic rings. The number of phenolic OH excluding ortho intramolecular Hbond substituents is 2. The van der Waals surface area contributed by atoms with Crippen molar-refractivity contribution in [3.05, 3.63) is 22.8 Å². The van der Waals surface area contributed by atoms with Gasteiger partial charge in [0.25, 0.3) is 0 Å². The first kappa shape index (κ1) is 16.9. The third-order valence-electron chi connectivity index (χ3n) is 3.64. The smallest absolute Gasteiger partial charge is 0.126 e. The van der Waals surface area contributed by atoms with Crippen molar-refractivity contribution in [1.29, 1.82) is 0 Å². The normalized spacial score (nSPS) is 13.7. The summed E-state index contributed by atoms with van der Waals surface area (Å²) in [5, 5.41) is 21.3. The van der Waals surface area contributed by atoms with Crippen LogP contribution in [0.1, 0.15) is 79.0 Å². The van der Waals surface area contributed by atoms with Crippen LogP contribution in [-0.2, 0) is 16.2 Å². The molecule has 2 heteroatoms. The van der Waals surface area contributed by atoms with Crippen LogP contribution in [0.5, 0.6) is 11.5 Å². The van der Waals surface area contributed by atoms with Gasteiger partial charge in [0.05, 0.1) is 0 Å². The van der Waals surface area contributed by atoms with Crippen LogP contribution in [0.25, 0.3) is 0 Å². The van der Waals surface area contributed by atoms with E-state index in [0.717, 1.165) is 11.1 Å². The molecule has 1 rings (SSSR count). The largest absolute Gasteiger partial charge is 0.507 e. The average Bonchev–Trinajstić information content (AvgIpc) is 2.10. The molecule has 0 atom stereocenters. The highest BCUT2D eigenvalue weighted by Gasteiger charge is 2.33. The Morgan fingerprint density at radius 2 is 0.900 bits per heavy atom. The molecule has 1 aromatic rings. The summed E-state index contributed by atoms with van der Waals surface area (Å²) in [5.41, 5.74) is 1.79. The van der Waals surface area contributed by atoms with Crippen molar-refractivity contribution in [2.75, 3.05) is 0 Å². The molecule has 0 saturated carbocycles. The zero-order valence-corrected chi connectivity index (χ0v) is 14.5. The first-order valence-electron chi connectivity index (χ1n) is 7.27. The van der Waals surface area contributed by atoms with Crippen molar-refractivity contribution < 1.29 is 10.2 Å². The van der Waals surface area contributed by atoms with E-state index in [2.05, 4.69) is 41.5 Å². The fourth-order valence-electron chi connectivity index (χ4n) is 2.52. The number of benzene rings is 1. The van der Waals surface area contributed by atoms with E-state index in [0.29, 0.717) is 5.56 Å². The number of phenols is 2. The molecule has 0 unspecified atom stereocenters. The molecule has 0 aliphatic heterocycles. The first-order valence-corrected chi connectivity index (χ1v) is 7.27. The van der Waals surface area contributed by atoms with Crippen LogP contribution in [0, 0.1) is 0 Å². The minimum Gasteiger partial charge on any atom is -0.507 e. The van der Waals surface area contributed by atoms with Crippen molar-refractivity contribution >= 4 is 0 Å². The van der Waals surface area contributed by atoms with Gasteiger partial charge in [0, 0.05) is 16.7 Å². The second kappa shape index (κ2) is 4.68. The van der Waals surface area contributed by atoms with Crippen LogP contribution < -0.4 is 0 Å². The number of hydrogen-bond acceptors (Lipinski definition) is 2. The molecule has 2 nitrogen and oxygen atoms in total. The molecular weight excluding hydrogens is 248 g/mol. The minimum atomic E-state index is -0.310. The SMILES string of the molecule is CC(C)(C)c1cc(C(C)(C)C)c(O)c(C(C)(C)C)c1O. The minimum absolute atomic E-state index is 0.169. The molecule has 20 heavy (non-hydrogen) atoms. The van der Waals surface area contributed by atoms with Crippen LogP contribution in [0.3, 0.4) is 0 Å². The first-order chi connectivity index (χ1) is 8.67. The van der Waals surface area contributed by atoms with Gasteiger partial charge in [-0.25, -0.2) is 0 Å². The van der Waals surface area contributed by atoms with E-state index in [1.165, 1.54) is 0 Å². The van der Waals surface area contributed by atoms with Gasteiger partial charge in [0.15, 0.2) is 0 Å². The molecule has 0 amide bonds. The summed E-state index contributed by atoms with van der Waals surface area (Å²) < 4.78 is 0. The van der Waals surface area contributed by atoms with Crippen LogP contribution in [0.15, 0.2) is 6.07 Å². The predicted octanol–water partition coefficient (Wildman–Crippen LogP) is 4.99. The van der Waals surface area contributed by atoms with Gasteiger partial charge < -0.3 is 10.2 Å². The van der Waals surface area contributed by atoms with E-state index >= 15 is 0 Å². The molecular formula is C18H30O2. The summed E-state index contributed by atoms with van der Waals surface area (Å²) in [7, 11) is 0. The molecule has 114 valence electrons. The molecule has 2 N–H and O–H groups in total. The monoisotopic (exact) mass is 278 g/mol. The van der Waals surface area contributed by atoms with Crippen LogP contribution >= 0.6 is 0 Å². The van der Waals surface area contributed by atoms with Gasteiger partial charge in [-0.3, -0.25) is 0 Å². The Bertz CT molecular complexity index is 468. The number of rotatable bonds is 0. The average molecular weight is 278 g/mol. The fraction of sp³-hybridized carbons (Fsp3) is 0.667. The summed E-state index contributed by atoms with van der Waals surface area (Å²) in [5.74, 6) is 0.464. The Morgan fingerprint density at radius 1 is 0.600 bits per heavy atom. The second-order valence-electron chi connectivity index (χ2n) is 8.79. The number of hydrogen-bond donors (Lipinski definition) is 2. The summed E-state index contributed by atoms with van der Waals surface area (Å²) in [4.78, 5) is 0. The topological polar surface area (TPSA) is 40.5 Å². The summed E-state index contributed by atoms with van der Waals surface area (Å²) in [6, 6.07) is 1.96. The molecule has 0 saturated heterocycles. The Kier molecular flexibility index (Phi) is 3.95. The van der Waals surface area contributed by atoms with E-state index in [1.54, 1.807) is 0 Å². The lowest BCUT2D eigenvalue weighted by atomic mass is 9.74. The third-order valence-corrected chi connectivity index (χ3v) is 3.64. The lowest BCUT2D eigenvalue weighted by molar-refractivity contribution is 0.385. The molecule has 0 aliphatic carbocycles. The van der Waals surface area contributed by atoms with Crippen molar-refractivity contribution in [1.82, 2.24) is 0 Å². The van der Waals surface area contributed by atoms with Crippen LogP contribution in [0.2, 0.25) is 0 Å². The molecule has 1 aromatic carbocycles. The van der Waals surface area contributed by atoms with Crippen molar-refractivity contribution in [2.45, 2.75) is 78.6 Å². The third kappa shape index (κ3) is 3.11. The molecule has 0 bridgehead atoms. The summed E-state index contributed by atoms with van der Waals surface area (Å²) in [6.07, 6.45) is 0. The predicted molar refractivity (Wildman–Crippen MR) is 85.9 cm³/mol. The molecule has 0 spiro atoms. The molecule has 0 heterocycles. The Labute approximate surface area is 123 Å². The summed E-state index contributed by atoms with van der Waals surface area (Å²) in [6.45, 7) is 18.5. The Morgan fingerprint density at radius 3 is 1.10 bits per heavy atom. The van der Waals surface area contributed by atoms with Gasteiger partial charge in [-0.1, -0.05) is 62.3 Å². The molecule has 0 radical (unpaired) electrons. The zero-order chi connectivity index (χ0) is 16.1. The lowest BCUT2D eigenvalue weighted by Crippen LogP contribution is -2.21. The van der Waals surface area contributed by atoms with E-state index in [1.807, 2.05) is 26.8 Å². The van der Waals surface area contributed by atoms with Gasteiger partial charge in [-0.2, -0.15) is 0 Å². The lowest BCUT2D eigenvalue weighted by Gasteiger charge is -2.32. The Balaban J connectivity index is 3.86. The summed E-state index contributed by atoms with van der Waals surface area (Å²) >= 11 is 0. The van der Waals surface area contributed by atoms with Crippen molar-refractivity contribution in [3.8, 4) is 11.5 Å². The van der Waals surface area contributed by atoms with Gasteiger partial charge >= 0.3 is 0 Å². The van der Waals surface area contributed by atoms with E-state index in [9.17, 15) is 10.2 Å². The highest BCUT2D eigenvalue weighted by molar-refractivity contribution is 5.59. The quantitative estimate of drug-likeness (QED) is 0.702. The molecule has 0 aromatic heterocycles. The number of aromatic hydroxyl groups is 2. The maximum Gasteiger partial charge on any atom is 0.126 e.